The second-order valence-electron chi connectivity index (χ2n) is 3.84. The number of hydrogen-bond donors (Lipinski definition) is 2. The molecule has 0 saturated heterocycles. The molecule has 21 heavy (non-hydrogen) atoms. The number of carbonyl (C=O) groups is 1. The van der Waals surface area contributed by atoms with E-state index in [9.17, 15) is 27.7 Å². The van der Waals surface area contributed by atoms with Gasteiger partial charge in [0.2, 0.25) is 15.8 Å². The lowest BCUT2D eigenvalue weighted by molar-refractivity contribution is -0.387. The first-order chi connectivity index (χ1) is 9.69. The number of halogens is 1. The van der Waals surface area contributed by atoms with E-state index in [1.54, 1.807) is 4.72 Å². The van der Waals surface area contributed by atoms with Crippen LogP contribution in [0.25, 0.3) is 0 Å². The number of ether oxygens (including phenoxy) is 1. The molecule has 0 spiro atoms. The Labute approximate surface area is 118 Å². The number of carboxylic acids is 1. The van der Waals surface area contributed by atoms with Crippen LogP contribution >= 0.6 is 0 Å². The van der Waals surface area contributed by atoms with Crippen molar-refractivity contribution < 1.29 is 32.4 Å². The van der Waals surface area contributed by atoms with Crippen molar-refractivity contribution >= 4 is 21.7 Å². The van der Waals surface area contributed by atoms with Crippen LogP contribution in [0.2, 0.25) is 0 Å². The molecule has 0 aromatic heterocycles. The first-order valence-electron chi connectivity index (χ1n) is 5.37. The highest BCUT2D eigenvalue weighted by atomic mass is 32.2. The summed E-state index contributed by atoms with van der Waals surface area (Å²) in [5, 5.41) is 19.4. The highest BCUT2D eigenvalue weighted by Crippen LogP contribution is 2.21. The zero-order valence-corrected chi connectivity index (χ0v) is 11.5. The minimum atomic E-state index is -4.38. The van der Waals surface area contributed by atoms with Crippen LogP contribution in [0.1, 0.15) is 0 Å². The number of sulfonamides is 1. The average molecular weight is 322 g/mol. The Bertz CT molecular complexity index is 661. The van der Waals surface area contributed by atoms with Crippen molar-refractivity contribution in [3.63, 3.8) is 0 Å². The van der Waals surface area contributed by atoms with Crippen molar-refractivity contribution in [1.29, 1.82) is 0 Å². The predicted octanol–water partition coefficient (Wildman–Crippen LogP) is 0.112. The van der Waals surface area contributed by atoms with Crippen LogP contribution in [0.4, 0.5) is 10.1 Å². The maximum Gasteiger partial charge on any atom is 0.324 e. The first kappa shape index (κ1) is 16.9. The molecule has 116 valence electrons. The molecule has 2 N–H and O–H groups in total. The van der Waals surface area contributed by atoms with Gasteiger partial charge in [0.1, 0.15) is 6.04 Å². The summed E-state index contributed by atoms with van der Waals surface area (Å²) in [6.07, 6.45) is 0. The molecular formula is C10H11FN2O7S. The summed E-state index contributed by atoms with van der Waals surface area (Å²) < 4.78 is 43.4. The molecule has 1 aromatic carbocycles. The molecule has 0 radical (unpaired) electrons. The molecule has 1 unspecified atom stereocenters. The molecule has 0 aliphatic carbocycles. The van der Waals surface area contributed by atoms with E-state index in [2.05, 4.69) is 4.74 Å². The Kier molecular flexibility index (Phi) is 5.29. The Balaban J connectivity index is 3.16. The number of nitro groups is 1. The van der Waals surface area contributed by atoms with Gasteiger partial charge in [0.05, 0.1) is 16.4 Å². The fourth-order valence-corrected chi connectivity index (χ4v) is 2.57. The minimum absolute atomic E-state index is 0.447. The Morgan fingerprint density at radius 2 is 2.19 bits per heavy atom. The molecule has 0 saturated carbocycles. The molecule has 1 rings (SSSR count). The van der Waals surface area contributed by atoms with Crippen molar-refractivity contribution in [1.82, 2.24) is 4.72 Å². The maximum absolute atomic E-state index is 13.1. The molecule has 0 aliphatic heterocycles. The largest absolute Gasteiger partial charge is 0.480 e. The molecule has 9 nitrogen and oxygen atoms in total. The van der Waals surface area contributed by atoms with Gasteiger partial charge in [-0.3, -0.25) is 14.9 Å². The van der Waals surface area contributed by atoms with Crippen molar-refractivity contribution in [3.8, 4) is 0 Å². The third-order valence-corrected chi connectivity index (χ3v) is 3.82. The molecule has 11 heteroatoms. The van der Waals surface area contributed by atoms with Gasteiger partial charge in [-0.2, -0.15) is 9.11 Å². The van der Waals surface area contributed by atoms with Crippen LogP contribution in [0, 0.1) is 15.9 Å². The third-order valence-electron chi connectivity index (χ3n) is 2.35. The van der Waals surface area contributed by atoms with Gasteiger partial charge >= 0.3 is 11.7 Å². The number of nitrogens with one attached hydrogen (secondary N) is 1. The first-order valence-corrected chi connectivity index (χ1v) is 6.85. The number of carboxylic acid groups (broad SMARTS) is 1. The maximum atomic E-state index is 13.1. The van der Waals surface area contributed by atoms with Crippen LogP contribution in [-0.4, -0.2) is 44.2 Å². The fourth-order valence-electron chi connectivity index (χ4n) is 1.38. The molecule has 0 aliphatic rings. The molecule has 0 fully saturated rings. The molecule has 0 amide bonds. The lowest BCUT2D eigenvalue weighted by atomic mass is 10.3. The van der Waals surface area contributed by atoms with Gasteiger partial charge < -0.3 is 9.84 Å². The molecule has 1 aromatic rings. The number of rotatable bonds is 7. The lowest BCUT2D eigenvalue weighted by Gasteiger charge is -2.13. The smallest absolute Gasteiger partial charge is 0.324 e. The summed E-state index contributed by atoms with van der Waals surface area (Å²) in [6.45, 7) is -0.447. The third kappa shape index (κ3) is 4.18. The van der Waals surface area contributed by atoms with Crippen LogP contribution in [0.3, 0.4) is 0 Å². The second kappa shape index (κ2) is 6.56. The Morgan fingerprint density at radius 3 is 2.67 bits per heavy atom. The summed E-state index contributed by atoms with van der Waals surface area (Å²) in [7, 11) is -3.21. The molecule has 1 atom stereocenters. The van der Waals surface area contributed by atoms with Gasteiger partial charge in [0, 0.05) is 13.2 Å². The quantitative estimate of drug-likeness (QED) is 0.537. The number of aliphatic carboxylic acids is 1. The summed E-state index contributed by atoms with van der Waals surface area (Å²) in [5.74, 6) is -2.69. The van der Waals surface area contributed by atoms with Crippen LogP contribution in [0.5, 0.6) is 0 Å². The van der Waals surface area contributed by atoms with Gasteiger partial charge in [-0.05, 0) is 12.1 Å². The van der Waals surface area contributed by atoms with E-state index in [1.165, 1.54) is 7.11 Å². The summed E-state index contributed by atoms with van der Waals surface area (Å²) in [6, 6.07) is 0.322. The van der Waals surface area contributed by atoms with Gasteiger partial charge in [-0.25, -0.2) is 8.42 Å². The van der Waals surface area contributed by atoms with E-state index in [0.29, 0.717) is 12.1 Å². The van der Waals surface area contributed by atoms with E-state index >= 15 is 0 Å². The molecule has 0 bridgehead atoms. The zero-order chi connectivity index (χ0) is 16.2. The topological polar surface area (TPSA) is 136 Å². The minimum Gasteiger partial charge on any atom is -0.480 e. The summed E-state index contributed by atoms with van der Waals surface area (Å²) in [5.41, 5.74) is -1.03. The van der Waals surface area contributed by atoms with Gasteiger partial charge in [0.25, 0.3) is 0 Å². The van der Waals surface area contributed by atoms with E-state index < -0.39 is 50.0 Å². The zero-order valence-electron chi connectivity index (χ0n) is 10.6. The van der Waals surface area contributed by atoms with Crippen molar-refractivity contribution in [2.45, 2.75) is 10.9 Å². The van der Waals surface area contributed by atoms with Crippen molar-refractivity contribution in [2.75, 3.05) is 13.7 Å². The number of nitrogens with zero attached hydrogens (tertiary/aromatic N) is 1. The van der Waals surface area contributed by atoms with Gasteiger partial charge in [-0.15, -0.1) is 0 Å². The summed E-state index contributed by atoms with van der Waals surface area (Å²) in [4.78, 5) is 19.7. The monoisotopic (exact) mass is 322 g/mol. The van der Waals surface area contributed by atoms with Gasteiger partial charge in [0.15, 0.2) is 0 Å². The Morgan fingerprint density at radius 1 is 1.57 bits per heavy atom. The number of benzene rings is 1. The fraction of sp³-hybridized carbons (Fsp3) is 0.300. The highest BCUT2D eigenvalue weighted by molar-refractivity contribution is 7.89. The van der Waals surface area contributed by atoms with E-state index in [1.807, 2.05) is 0 Å². The number of methoxy groups -OCH3 is 1. The Hall–Kier alpha value is -2.11. The van der Waals surface area contributed by atoms with Crippen LogP contribution in [-0.2, 0) is 19.6 Å². The van der Waals surface area contributed by atoms with E-state index in [0.717, 1.165) is 6.07 Å². The second-order valence-corrected chi connectivity index (χ2v) is 5.55. The van der Waals surface area contributed by atoms with E-state index in [-0.39, 0.29) is 0 Å². The average Bonchev–Trinajstić information content (AvgIpc) is 2.37. The standard InChI is InChI=1S/C10H11FN2O7S/c1-20-5-8(10(14)15)12-21(18,19)6-2-3-7(11)9(4-6)13(16)17/h2-4,8,12H,5H2,1H3,(H,14,15). The number of nitro benzene ring substituents is 1. The number of hydrogen-bond acceptors (Lipinski definition) is 6. The normalized spacial score (nSPS) is 12.9. The SMILES string of the molecule is COCC(NS(=O)(=O)c1ccc(F)c([N+](=O)[O-])c1)C(=O)O. The van der Waals surface area contributed by atoms with Crippen LogP contribution < -0.4 is 4.72 Å². The summed E-state index contributed by atoms with van der Waals surface area (Å²) >= 11 is 0. The molecular weight excluding hydrogens is 311 g/mol. The van der Waals surface area contributed by atoms with Crippen molar-refractivity contribution in [2.24, 2.45) is 0 Å². The van der Waals surface area contributed by atoms with Crippen molar-refractivity contribution in [3.05, 3.63) is 34.1 Å². The predicted molar refractivity (Wildman–Crippen MR) is 66.7 cm³/mol. The van der Waals surface area contributed by atoms with Gasteiger partial charge in [-0.1, -0.05) is 0 Å². The molecule has 0 heterocycles. The highest BCUT2D eigenvalue weighted by Gasteiger charge is 2.27. The van der Waals surface area contributed by atoms with Crippen LogP contribution in [0.15, 0.2) is 23.1 Å². The lowest BCUT2D eigenvalue weighted by Crippen LogP contribution is -2.43. The van der Waals surface area contributed by atoms with E-state index in [4.69, 9.17) is 5.11 Å².